The van der Waals surface area contributed by atoms with Crippen LogP contribution >= 0.6 is 0 Å². The maximum atomic E-state index is 13.6. The first-order valence-corrected chi connectivity index (χ1v) is 5.28. The van der Waals surface area contributed by atoms with Gasteiger partial charge in [0.2, 0.25) is 0 Å². The van der Waals surface area contributed by atoms with Crippen LogP contribution in [-0.4, -0.2) is 6.04 Å². The van der Waals surface area contributed by atoms with E-state index in [0.29, 0.717) is 23.7 Å². The quantitative estimate of drug-likeness (QED) is 0.801. The molecule has 1 saturated carbocycles. The average molecular weight is 208 g/mol. The van der Waals surface area contributed by atoms with E-state index in [-0.39, 0.29) is 5.82 Å². The van der Waals surface area contributed by atoms with Gasteiger partial charge in [0.15, 0.2) is 0 Å². The minimum absolute atomic E-state index is 0.208. The first-order chi connectivity index (χ1) is 7.03. The Morgan fingerprint density at radius 1 is 1.53 bits per heavy atom. The van der Waals surface area contributed by atoms with Crippen LogP contribution in [0.1, 0.15) is 25.8 Å². The first-order valence-electron chi connectivity index (χ1n) is 5.28. The van der Waals surface area contributed by atoms with Crippen LogP contribution in [-0.2, 0) is 6.54 Å². The normalized spacial score (nSPS) is 22.5. The second kappa shape index (κ2) is 3.49. The van der Waals surface area contributed by atoms with E-state index < -0.39 is 0 Å². The molecule has 0 radical (unpaired) electrons. The molecule has 1 atom stereocenters. The predicted octanol–water partition coefficient (Wildman–Crippen LogP) is 2.49. The van der Waals surface area contributed by atoms with Crippen molar-refractivity contribution in [1.82, 2.24) is 0 Å². The smallest absolute Gasteiger partial charge is 0.146 e. The van der Waals surface area contributed by atoms with Gasteiger partial charge in [0.1, 0.15) is 5.82 Å². The number of hydrogen-bond donors (Lipinski definition) is 2. The highest BCUT2D eigenvalue weighted by atomic mass is 19.1. The summed E-state index contributed by atoms with van der Waals surface area (Å²) in [6.07, 6.45) is 1.10. The molecule has 3 N–H and O–H groups in total. The Morgan fingerprint density at radius 2 is 2.20 bits per heavy atom. The fourth-order valence-corrected chi connectivity index (χ4v) is 1.70. The lowest BCUT2D eigenvalue weighted by molar-refractivity contribution is 0.613. The van der Waals surface area contributed by atoms with Crippen LogP contribution in [0.4, 0.5) is 10.1 Å². The lowest BCUT2D eigenvalue weighted by Gasteiger charge is -2.10. The topological polar surface area (TPSA) is 38.0 Å². The third-order valence-corrected chi connectivity index (χ3v) is 3.11. The number of hydrogen-bond acceptors (Lipinski definition) is 2. The number of anilines is 1. The summed E-state index contributed by atoms with van der Waals surface area (Å²) in [5, 5.41) is 3.21. The van der Waals surface area contributed by atoms with E-state index in [1.165, 1.54) is 6.07 Å². The Bertz CT molecular complexity index is 374. The Hall–Kier alpha value is -1.09. The Labute approximate surface area is 89.7 Å². The lowest BCUT2D eigenvalue weighted by atomic mass is 10.1. The highest BCUT2D eigenvalue weighted by molar-refractivity contribution is 5.48. The summed E-state index contributed by atoms with van der Waals surface area (Å²) >= 11 is 0. The van der Waals surface area contributed by atoms with Gasteiger partial charge in [-0.1, -0.05) is 19.9 Å². The fourth-order valence-electron chi connectivity index (χ4n) is 1.70. The molecule has 82 valence electrons. The molecular weight excluding hydrogens is 191 g/mol. The van der Waals surface area contributed by atoms with Crippen LogP contribution in [0.3, 0.4) is 0 Å². The third-order valence-electron chi connectivity index (χ3n) is 3.11. The minimum Gasteiger partial charge on any atom is -0.379 e. The molecule has 15 heavy (non-hydrogen) atoms. The molecule has 0 saturated heterocycles. The van der Waals surface area contributed by atoms with Crippen LogP contribution in [0.25, 0.3) is 0 Å². The van der Waals surface area contributed by atoms with Crippen molar-refractivity contribution in [2.45, 2.75) is 32.9 Å². The Kier molecular flexibility index (Phi) is 2.43. The van der Waals surface area contributed by atoms with Crippen LogP contribution in [0.15, 0.2) is 18.2 Å². The Balaban J connectivity index is 2.09. The van der Waals surface area contributed by atoms with E-state index in [1.807, 2.05) is 6.07 Å². The average Bonchev–Trinajstić information content (AvgIpc) is 2.77. The standard InChI is InChI=1S/C12H17FN2/c1-12(2)6-11(12)15-10-4-3-8(7-14)5-9(10)13/h3-5,11,15H,6-7,14H2,1-2H3. The number of halogens is 1. The van der Waals surface area contributed by atoms with Gasteiger partial charge in [-0.2, -0.15) is 0 Å². The van der Waals surface area contributed by atoms with Gasteiger partial charge in [0.05, 0.1) is 5.69 Å². The molecule has 1 aromatic carbocycles. The third kappa shape index (κ3) is 2.12. The molecule has 1 aromatic rings. The molecule has 3 heteroatoms. The molecule has 1 unspecified atom stereocenters. The molecule has 1 aliphatic rings. The summed E-state index contributed by atoms with van der Waals surface area (Å²) in [6, 6.07) is 5.53. The van der Waals surface area contributed by atoms with E-state index in [2.05, 4.69) is 19.2 Å². The molecule has 0 aromatic heterocycles. The van der Waals surface area contributed by atoms with Crippen molar-refractivity contribution in [3.8, 4) is 0 Å². The summed E-state index contributed by atoms with van der Waals surface area (Å²) in [5.74, 6) is -0.208. The fraction of sp³-hybridized carbons (Fsp3) is 0.500. The van der Waals surface area contributed by atoms with Gasteiger partial charge in [-0.15, -0.1) is 0 Å². The summed E-state index contributed by atoms with van der Waals surface area (Å²) in [5.41, 5.74) is 7.16. The maximum absolute atomic E-state index is 13.6. The highest BCUT2D eigenvalue weighted by Gasteiger charge is 2.45. The van der Waals surface area contributed by atoms with Crippen molar-refractivity contribution in [2.75, 3.05) is 5.32 Å². The predicted molar refractivity (Wildman–Crippen MR) is 60.1 cm³/mol. The zero-order valence-corrected chi connectivity index (χ0v) is 9.18. The number of nitrogens with one attached hydrogen (secondary N) is 1. The molecule has 0 bridgehead atoms. The first kappa shape index (κ1) is 10.4. The number of benzene rings is 1. The van der Waals surface area contributed by atoms with Crippen molar-refractivity contribution < 1.29 is 4.39 Å². The van der Waals surface area contributed by atoms with Crippen molar-refractivity contribution in [2.24, 2.45) is 11.1 Å². The van der Waals surface area contributed by atoms with Crippen LogP contribution in [0.2, 0.25) is 0 Å². The number of nitrogens with two attached hydrogens (primary N) is 1. The largest absolute Gasteiger partial charge is 0.379 e. The minimum atomic E-state index is -0.208. The second-order valence-corrected chi connectivity index (χ2v) is 4.91. The molecule has 2 rings (SSSR count). The van der Waals surface area contributed by atoms with Gasteiger partial charge in [-0.3, -0.25) is 0 Å². The van der Waals surface area contributed by atoms with E-state index in [9.17, 15) is 4.39 Å². The molecule has 0 aliphatic heterocycles. The van der Waals surface area contributed by atoms with E-state index in [1.54, 1.807) is 6.07 Å². The van der Waals surface area contributed by atoms with E-state index in [0.717, 1.165) is 12.0 Å². The molecule has 0 spiro atoms. The number of rotatable bonds is 3. The van der Waals surface area contributed by atoms with Gasteiger partial charge in [0, 0.05) is 12.6 Å². The van der Waals surface area contributed by atoms with Gasteiger partial charge in [-0.05, 0) is 29.5 Å². The van der Waals surface area contributed by atoms with Crippen LogP contribution < -0.4 is 11.1 Å². The summed E-state index contributed by atoms with van der Waals surface area (Å²) in [7, 11) is 0. The highest BCUT2D eigenvalue weighted by Crippen LogP contribution is 2.46. The molecule has 2 nitrogen and oxygen atoms in total. The van der Waals surface area contributed by atoms with Crippen molar-refractivity contribution >= 4 is 5.69 Å². The van der Waals surface area contributed by atoms with Gasteiger partial charge < -0.3 is 11.1 Å². The van der Waals surface area contributed by atoms with Crippen molar-refractivity contribution in [3.05, 3.63) is 29.6 Å². The zero-order valence-electron chi connectivity index (χ0n) is 9.18. The van der Waals surface area contributed by atoms with E-state index >= 15 is 0 Å². The van der Waals surface area contributed by atoms with E-state index in [4.69, 9.17) is 5.73 Å². The van der Waals surface area contributed by atoms with Gasteiger partial charge in [-0.25, -0.2) is 4.39 Å². The molecular formula is C12H17FN2. The molecule has 0 amide bonds. The Morgan fingerprint density at radius 3 is 2.67 bits per heavy atom. The van der Waals surface area contributed by atoms with Gasteiger partial charge >= 0.3 is 0 Å². The summed E-state index contributed by atoms with van der Waals surface area (Å²) < 4.78 is 13.6. The molecule has 0 heterocycles. The van der Waals surface area contributed by atoms with Crippen LogP contribution in [0, 0.1) is 11.2 Å². The van der Waals surface area contributed by atoms with Crippen LogP contribution in [0.5, 0.6) is 0 Å². The lowest BCUT2D eigenvalue weighted by Crippen LogP contribution is -2.10. The molecule has 1 fully saturated rings. The van der Waals surface area contributed by atoms with Crippen molar-refractivity contribution in [3.63, 3.8) is 0 Å². The second-order valence-electron chi connectivity index (χ2n) is 4.91. The zero-order chi connectivity index (χ0) is 11.1. The van der Waals surface area contributed by atoms with Crippen molar-refractivity contribution in [1.29, 1.82) is 0 Å². The van der Waals surface area contributed by atoms with Gasteiger partial charge in [0.25, 0.3) is 0 Å². The summed E-state index contributed by atoms with van der Waals surface area (Å²) in [4.78, 5) is 0. The SMILES string of the molecule is CC1(C)CC1Nc1ccc(CN)cc1F. The molecule has 1 aliphatic carbocycles. The summed E-state index contributed by atoms with van der Waals surface area (Å²) in [6.45, 7) is 4.74. The monoisotopic (exact) mass is 208 g/mol. The maximum Gasteiger partial charge on any atom is 0.146 e.